The van der Waals surface area contributed by atoms with Crippen LogP contribution in [0.3, 0.4) is 0 Å². The summed E-state index contributed by atoms with van der Waals surface area (Å²) in [7, 11) is 0. The van der Waals surface area contributed by atoms with Crippen LogP contribution in [0.2, 0.25) is 0 Å². The summed E-state index contributed by atoms with van der Waals surface area (Å²) in [6.45, 7) is -0.568. The summed E-state index contributed by atoms with van der Waals surface area (Å²) in [5.74, 6) is -1.86. The summed E-state index contributed by atoms with van der Waals surface area (Å²) >= 11 is 1.26. The molecule has 3 aromatic carbocycles. The van der Waals surface area contributed by atoms with Gasteiger partial charge < -0.3 is 4.74 Å². The number of hydrogen-bond acceptors (Lipinski definition) is 6. The van der Waals surface area contributed by atoms with Gasteiger partial charge in [0.1, 0.15) is 6.07 Å². The summed E-state index contributed by atoms with van der Waals surface area (Å²) in [5.41, 5.74) is 5.59. The molecular weight excluding hydrogens is 414 g/mol. The quantitative estimate of drug-likeness (QED) is 0.458. The fraction of sp³-hybridized carbons (Fsp3) is 0.0435. The number of nitrogens with zero attached hydrogens (tertiary/aromatic N) is 1. The van der Waals surface area contributed by atoms with Gasteiger partial charge >= 0.3 is 5.97 Å². The Hall–Kier alpha value is -4.09. The molecule has 0 unspecified atom stereocenters. The Morgan fingerprint density at radius 2 is 1.48 bits per heavy atom. The lowest BCUT2D eigenvalue weighted by Gasteiger charge is -2.11. The van der Waals surface area contributed by atoms with E-state index in [1.54, 1.807) is 78.9 Å². The Morgan fingerprint density at radius 3 is 2.23 bits per heavy atom. The molecule has 7 nitrogen and oxygen atoms in total. The molecular formula is C23H17N3O4S. The summed E-state index contributed by atoms with van der Waals surface area (Å²) in [5, 5.41) is 9.25. The van der Waals surface area contributed by atoms with Crippen LogP contribution in [0.5, 0.6) is 0 Å². The molecule has 0 fully saturated rings. The topological polar surface area (TPSA) is 108 Å². The van der Waals surface area contributed by atoms with Gasteiger partial charge in [0, 0.05) is 15.4 Å². The molecule has 0 heterocycles. The first-order chi connectivity index (χ1) is 15.1. The van der Waals surface area contributed by atoms with E-state index >= 15 is 0 Å². The SMILES string of the molecule is N#Cc1ccccc1Sc1ccccc1C(=O)OCC(=O)NNC(=O)c1ccccc1. The van der Waals surface area contributed by atoms with E-state index in [-0.39, 0.29) is 5.56 Å². The Bertz CT molecular complexity index is 1140. The molecule has 8 heteroatoms. The van der Waals surface area contributed by atoms with Crippen LogP contribution in [0.4, 0.5) is 0 Å². The zero-order valence-electron chi connectivity index (χ0n) is 16.2. The summed E-state index contributed by atoms with van der Waals surface area (Å²) < 4.78 is 5.08. The Kier molecular flexibility index (Phi) is 7.40. The van der Waals surface area contributed by atoms with Crippen molar-refractivity contribution in [3.05, 3.63) is 95.6 Å². The minimum Gasteiger partial charge on any atom is -0.452 e. The number of benzene rings is 3. The van der Waals surface area contributed by atoms with Crippen LogP contribution in [-0.4, -0.2) is 24.4 Å². The molecule has 0 aromatic heterocycles. The first-order valence-electron chi connectivity index (χ1n) is 9.16. The van der Waals surface area contributed by atoms with Gasteiger partial charge in [-0.3, -0.25) is 20.4 Å². The molecule has 3 rings (SSSR count). The van der Waals surface area contributed by atoms with E-state index in [2.05, 4.69) is 16.9 Å². The summed E-state index contributed by atoms with van der Waals surface area (Å²) in [6.07, 6.45) is 0. The van der Waals surface area contributed by atoms with Crippen LogP contribution in [0.1, 0.15) is 26.3 Å². The average Bonchev–Trinajstić information content (AvgIpc) is 2.82. The largest absolute Gasteiger partial charge is 0.452 e. The molecule has 31 heavy (non-hydrogen) atoms. The molecule has 0 atom stereocenters. The fourth-order valence-electron chi connectivity index (χ4n) is 2.52. The Balaban J connectivity index is 1.58. The van der Waals surface area contributed by atoms with Crippen LogP contribution in [0, 0.1) is 11.3 Å². The van der Waals surface area contributed by atoms with Crippen molar-refractivity contribution < 1.29 is 19.1 Å². The zero-order chi connectivity index (χ0) is 22.1. The maximum absolute atomic E-state index is 12.5. The van der Waals surface area contributed by atoms with Crippen molar-refractivity contribution in [3.8, 4) is 6.07 Å². The predicted octanol–water partition coefficient (Wildman–Crippen LogP) is 3.33. The first-order valence-corrected chi connectivity index (χ1v) is 9.97. The van der Waals surface area contributed by atoms with Crippen molar-refractivity contribution in [1.82, 2.24) is 10.9 Å². The third kappa shape index (κ3) is 5.95. The highest BCUT2D eigenvalue weighted by atomic mass is 32.2. The lowest BCUT2D eigenvalue weighted by Crippen LogP contribution is -2.43. The van der Waals surface area contributed by atoms with Gasteiger partial charge in [-0.1, -0.05) is 54.2 Å². The first kappa shape index (κ1) is 21.6. The Morgan fingerprint density at radius 1 is 0.839 bits per heavy atom. The normalized spacial score (nSPS) is 9.90. The van der Waals surface area contributed by atoms with Gasteiger partial charge in [0.2, 0.25) is 0 Å². The number of rotatable bonds is 6. The molecule has 0 aliphatic heterocycles. The van der Waals surface area contributed by atoms with E-state index < -0.39 is 24.4 Å². The maximum atomic E-state index is 12.5. The molecule has 0 radical (unpaired) electrons. The third-order valence-corrected chi connectivity index (χ3v) is 5.17. The van der Waals surface area contributed by atoms with Crippen molar-refractivity contribution in [1.29, 1.82) is 5.26 Å². The predicted molar refractivity (Wildman–Crippen MR) is 114 cm³/mol. The number of nitriles is 1. The van der Waals surface area contributed by atoms with Crippen LogP contribution in [0.25, 0.3) is 0 Å². The number of nitrogens with one attached hydrogen (secondary N) is 2. The standard InChI is InChI=1S/C23H17N3O4S/c24-14-17-10-4-6-12-19(17)31-20-13-7-5-11-18(20)23(29)30-15-21(27)25-26-22(28)16-8-2-1-3-9-16/h1-13H,15H2,(H,25,27)(H,26,28). The van der Waals surface area contributed by atoms with Crippen LogP contribution in [0.15, 0.2) is 88.7 Å². The molecule has 0 aliphatic carbocycles. The smallest absolute Gasteiger partial charge is 0.339 e. The number of hydrazine groups is 1. The van der Waals surface area contributed by atoms with Crippen LogP contribution in [-0.2, 0) is 9.53 Å². The van der Waals surface area contributed by atoms with Gasteiger partial charge in [-0.15, -0.1) is 0 Å². The second-order valence-corrected chi connectivity index (χ2v) is 7.23. The minimum absolute atomic E-state index is 0.265. The summed E-state index contributed by atoms with van der Waals surface area (Å²) in [6, 6.07) is 24.3. The van der Waals surface area contributed by atoms with Gasteiger partial charge in [-0.2, -0.15) is 5.26 Å². The van der Waals surface area contributed by atoms with Gasteiger partial charge in [0.25, 0.3) is 11.8 Å². The molecule has 154 valence electrons. The van der Waals surface area contributed by atoms with Crippen LogP contribution < -0.4 is 10.9 Å². The van der Waals surface area contributed by atoms with E-state index in [1.165, 1.54) is 11.8 Å². The van der Waals surface area contributed by atoms with E-state index in [1.807, 2.05) is 0 Å². The van der Waals surface area contributed by atoms with Gasteiger partial charge in [0.05, 0.1) is 11.1 Å². The zero-order valence-corrected chi connectivity index (χ0v) is 17.0. The van der Waals surface area contributed by atoms with Gasteiger partial charge in [0.15, 0.2) is 6.61 Å². The molecule has 3 aromatic rings. The number of amides is 2. The van der Waals surface area contributed by atoms with Crippen molar-refractivity contribution in [2.24, 2.45) is 0 Å². The monoisotopic (exact) mass is 431 g/mol. The summed E-state index contributed by atoms with van der Waals surface area (Å²) in [4.78, 5) is 37.6. The van der Waals surface area contributed by atoms with Gasteiger partial charge in [-0.05, 0) is 36.4 Å². The van der Waals surface area contributed by atoms with Crippen molar-refractivity contribution in [3.63, 3.8) is 0 Å². The molecule has 0 aliphatic rings. The Labute approximate surface area is 183 Å². The number of carbonyl (C=O) groups excluding carboxylic acids is 3. The molecule has 2 amide bonds. The third-order valence-electron chi connectivity index (χ3n) is 4.02. The van der Waals surface area contributed by atoms with E-state index in [4.69, 9.17) is 4.74 Å². The van der Waals surface area contributed by atoms with Gasteiger partial charge in [-0.25, -0.2) is 4.79 Å². The van der Waals surface area contributed by atoms with E-state index in [0.717, 1.165) is 0 Å². The minimum atomic E-state index is -0.693. The highest BCUT2D eigenvalue weighted by Crippen LogP contribution is 2.32. The molecule has 2 N–H and O–H groups in total. The maximum Gasteiger partial charge on any atom is 0.339 e. The lowest BCUT2D eigenvalue weighted by atomic mass is 10.2. The lowest BCUT2D eigenvalue weighted by molar-refractivity contribution is -0.125. The average molecular weight is 431 g/mol. The molecule has 0 saturated carbocycles. The number of carbonyl (C=O) groups is 3. The number of ether oxygens (including phenoxy) is 1. The second kappa shape index (κ2) is 10.6. The second-order valence-electron chi connectivity index (χ2n) is 6.15. The molecule has 0 saturated heterocycles. The van der Waals surface area contributed by atoms with Crippen molar-refractivity contribution >= 4 is 29.5 Å². The molecule has 0 bridgehead atoms. The van der Waals surface area contributed by atoms with Crippen LogP contribution >= 0.6 is 11.8 Å². The number of hydrogen-bond donors (Lipinski definition) is 2. The van der Waals surface area contributed by atoms with E-state index in [0.29, 0.717) is 20.9 Å². The van der Waals surface area contributed by atoms with Crippen molar-refractivity contribution in [2.45, 2.75) is 9.79 Å². The number of esters is 1. The fourth-order valence-corrected chi connectivity index (χ4v) is 3.54. The van der Waals surface area contributed by atoms with Crippen molar-refractivity contribution in [2.75, 3.05) is 6.61 Å². The molecule has 0 spiro atoms. The highest BCUT2D eigenvalue weighted by Gasteiger charge is 2.16. The van der Waals surface area contributed by atoms with E-state index in [9.17, 15) is 19.6 Å². The highest BCUT2D eigenvalue weighted by molar-refractivity contribution is 7.99.